The molecule has 4 aromatic rings. The molecule has 4 rings (SSSR count). The number of methoxy groups -OCH3 is 1. The highest BCUT2D eigenvalue weighted by atomic mass is 35.5. The Kier molecular flexibility index (Phi) is 5.65. The monoisotopic (exact) mass is 437 g/mol. The molecule has 0 unspecified atom stereocenters. The summed E-state index contributed by atoms with van der Waals surface area (Å²) in [6, 6.07) is 19.6. The van der Waals surface area contributed by atoms with Gasteiger partial charge in [-0.15, -0.1) is 0 Å². The smallest absolute Gasteiger partial charge is 0.261 e. The van der Waals surface area contributed by atoms with Crippen LogP contribution in [0.5, 0.6) is 5.75 Å². The third kappa shape index (κ3) is 4.12. The average Bonchev–Trinajstić information content (AvgIpc) is 3.19. The highest BCUT2D eigenvalue weighted by Gasteiger charge is 2.15. The maximum atomic E-state index is 12.5. The predicted molar refractivity (Wildman–Crippen MR) is 121 cm³/mol. The SMILES string of the molecule is COc1ccccc1C(=O)NC(=S)Nc1ccc(Cl)c(-c2nc3ccccc3o2)c1. The number of aromatic nitrogens is 1. The van der Waals surface area contributed by atoms with Crippen molar-refractivity contribution < 1.29 is 13.9 Å². The minimum absolute atomic E-state index is 0.136. The molecule has 0 saturated heterocycles. The summed E-state index contributed by atoms with van der Waals surface area (Å²) in [5.41, 5.74) is 3.02. The molecule has 1 aromatic heterocycles. The van der Waals surface area contributed by atoms with Crippen molar-refractivity contribution in [2.75, 3.05) is 12.4 Å². The van der Waals surface area contributed by atoms with Gasteiger partial charge in [0.15, 0.2) is 10.7 Å². The molecule has 1 heterocycles. The summed E-state index contributed by atoms with van der Waals surface area (Å²) in [5, 5.41) is 6.24. The number of para-hydroxylation sites is 3. The van der Waals surface area contributed by atoms with Crippen molar-refractivity contribution in [3.05, 3.63) is 77.3 Å². The Hall–Kier alpha value is -3.42. The molecule has 0 aliphatic heterocycles. The van der Waals surface area contributed by atoms with Gasteiger partial charge in [0.2, 0.25) is 5.89 Å². The minimum atomic E-state index is -0.377. The van der Waals surface area contributed by atoms with E-state index in [2.05, 4.69) is 15.6 Å². The summed E-state index contributed by atoms with van der Waals surface area (Å²) >= 11 is 11.6. The number of fused-ring (bicyclic) bond motifs is 1. The number of ether oxygens (including phenoxy) is 1. The van der Waals surface area contributed by atoms with Gasteiger partial charge in [-0.05, 0) is 54.7 Å². The van der Waals surface area contributed by atoms with E-state index >= 15 is 0 Å². The van der Waals surface area contributed by atoms with E-state index in [1.165, 1.54) is 7.11 Å². The normalized spacial score (nSPS) is 10.6. The Balaban J connectivity index is 1.53. The van der Waals surface area contributed by atoms with Crippen LogP contribution >= 0.6 is 23.8 Å². The molecule has 0 saturated carbocycles. The molecule has 0 bridgehead atoms. The van der Waals surface area contributed by atoms with Crippen molar-refractivity contribution in [2.45, 2.75) is 0 Å². The van der Waals surface area contributed by atoms with E-state index in [0.29, 0.717) is 39.1 Å². The first-order chi connectivity index (χ1) is 14.5. The number of oxazole rings is 1. The molecule has 3 aromatic carbocycles. The second kappa shape index (κ2) is 8.52. The lowest BCUT2D eigenvalue weighted by Crippen LogP contribution is -2.34. The number of carbonyl (C=O) groups is 1. The van der Waals surface area contributed by atoms with Gasteiger partial charge in [-0.1, -0.05) is 35.9 Å². The van der Waals surface area contributed by atoms with Crippen LogP contribution in [-0.2, 0) is 0 Å². The molecule has 1 amide bonds. The zero-order chi connectivity index (χ0) is 21.1. The largest absolute Gasteiger partial charge is 0.496 e. The van der Waals surface area contributed by atoms with Crippen LogP contribution in [0.2, 0.25) is 5.02 Å². The van der Waals surface area contributed by atoms with E-state index in [0.717, 1.165) is 5.52 Å². The molecule has 6 nitrogen and oxygen atoms in total. The quantitative estimate of drug-likeness (QED) is 0.423. The van der Waals surface area contributed by atoms with Crippen molar-refractivity contribution in [3.63, 3.8) is 0 Å². The number of benzene rings is 3. The van der Waals surface area contributed by atoms with Crippen LogP contribution in [0.1, 0.15) is 10.4 Å². The van der Waals surface area contributed by atoms with E-state index in [-0.39, 0.29) is 11.0 Å². The van der Waals surface area contributed by atoms with Gasteiger partial charge in [-0.3, -0.25) is 10.1 Å². The highest BCUT2D eigenvalue weighted by molar-refractivity contribution is 7.80. The van der Waals surface area contributed by atoms with Crippen molar-refractivity contribution in [2.24, 2.45) is 0 Å². The fraction of sp³-hybridized carbons (Fsp3) is 0.0455. The predicted octanol–water partition coefficient (Wildman–Crippen LogP) is 5.28. The molecule has 0 aliphatic carbocycles. The van der Waals surface area contributed by atoms with Crippen LogP contribution in [0.15, 0.2) is 71.1 Å². The topological polar surface area (TPSA) is 76.4 Å². The minimum Gasteiger partial charge on any atom is -0.496 e. The number of halogens is 1. The maximum Gasteiger partial charge on any atom is 0.261 e. The fourth-order valence-corrected chi connectivity index (χ4v) is 3.33. The zero-order valence-corrected chi connectivity index (χ0v) is 17.4. The van der Waals surface area contributed by atoms with Crippen LogP contribution in [-0.4, -0.2) is 23.1 Å². The van der Waals surface area contributed by atoms with Gasteiger partial charge < -0.3 is 14.5 Å². The lowest BCUT2D eigenvalue weighted by atomic mass is 10.2. The number of anilines is 1. The van der Waals surface area contributed by atoms with Crippen molar-refractivity contribution >= 4 is 51.6 Å². The standard InChI is InChI=1S/C22H16ClN3O3S/c1-28-18-8-4-2-6-14(18)20(27)26-22(30)24-13-10-11-16(23)15(12-13)21-25-17-7-3-5-9-19(17)29-21/h2-12H,1H3,(H2,24,26,27,30). The first kappa shape index (κ1) is 19.9. The summed E-state index contributed by atoms with van der Waals surface area (Å²) in [6.45, 7) is 0. The Bertz CT molecular complexity index is 1220. The maximum absolute atomic E-state index is 12.5. The number of carbonyl (C=O) groups excluding carboxylic acids is 1. The molecule has 0 aliphatic rings. The number of rotatable bonds is 4. The Morgan fingerprint density at radius 1 is 1.10 bits per heavy atom. The fourth-order valence-electron chi connectivity index (χ4n) is 2.92. The van der Waals surface area contributed by atoms with E-state index < -0.39 is 0 Å². The van der Waals surface area contributed by atoms with E-state index in [4.69, 9.17) is 33.0 Å². The molecule has 30 heavy (non-hydrogen) atoms. The second-order valence-corrected chi connectivity index (χ2v) is 7.11. The van der Waals surface area contributed by atoms with Gasteiger partial charge in [-0.25, -0.2) is 4.98 Å². The number of nitrogens with one attached hydrogen (secondary N) is 2. The van der Waals surface area contributed by atoms with Gasteiger partial charge >= 0.3 is 0 Å². The summed E-state index contributed by atoms with van der Waals surface area (Å²) in [4.78, 5) is 17.0. The van der Waals surface area contributed by atoms with E-state index in [1.807, 2.05) is 24.3 Å². The van der Waals surface area contributed by atoms with Gasteiger partial charge in [-0.2, -0.15) is 0 Å². The molecule has 0 fully saturated rings. The number of nitrogens with zero attached hydrogens (tertiary/aromatic N) is 1. The lowest BCUT2D eigenvalue weighted by molar-refractivity contribution is 0.0975. The molecule has 0 radical (unpaired) electrons. The van der Waals surface area contributed by atoms with Gasteiger partial charge in [0, 0.05) is 5.69 Å². The molecule has 0 atom stereocenters. The van der Waals surface area contributed by atoms with Crippen LogP contribution in [0.4, 0.5) is 5.69 Å². The van der Waals surface area contributed by atoms with Crippen LogP contribution in [0.25, 0.3) is 22.6 Å². The number of hydrogen-bond donors (Lipinski definition) is 2. The molecule has 2 N–H and O–H groups in total. The van der Waals surface area contributed by atoms with Gasteiger partial charge in [0.05, 0.1) is 23.3 Å². The molecular weight excluding hydrogens is 422 g/mol. The van der Waals surface area contributed by atoms with Gasteiger partial charge in [0.25, 0.3) is 5.91 Å². The first-order valence-corrected chi connectivity index (χ1v) is 9.74. The van der Waals surface area contributed by atoms with Crippen LogP contribution in [0.3, 0.4) is 0 Å². The first-order valence-electron chi connectivity index (χ1n) is 8.96. The van der Waals surface area contributed by atoms with Gasteiger partial charge in [0.1, 0.15) is 11.3 Å². The third-order valence-corrected chi connectivity index (χ3v) is 4.86. The highest BCUT2D eigenvalue weighted by Crippen LogP contribution is 2.32. The Morgan fingerprint density at radius 3 is 2.67 bits per heavy atom. The molecular formula is C22H16ClN3O3S. The van der Waals surface area contributed by atoms with E-state index in [9.17, 15) is 4.79 Å². The molecule has 150 valence electrons. The summed E-state index contributed by atoms with van der Waals surface area (Å²) in [7, 11) is 1.50. The second-order valence-electron chi connectivity index (χ2n) is 6.29. The molecule has 8 heteroatoms. The molecule has 0 spiro atoms. The van der Waals surface area contributed by atoms with Crippen LogP contribution in [0, 0.1) is 0 Å². The number of thiocarbonyl (C=S) groups is 1. The van der Waals surface area contributed by atoms with Crippen LogP contribution < -0.4 is 15.4 Å². The van der Waals surface area contributed by atoms with Crippen molar-refractivity contribution in [1.82, 2.24) is 10.3 Å². The summed E-state index contributed by atoms with van der Waals surface area (Å²) in [6.07, 6.45) is 0. The van der Waals surface area contributed by atoms with Crippen molar-refractivity contribution in [3.8, 4) is 17.2 Å². The zero-order valence-electron chi connectivity index (χ0n) is 15.8. The van der Waals surface area contributed by atoms with Crippen molar-refractivity contribution in [1.29, 1.82) is 0 Å². The summed E-state index contributed by atoms with van der Waals surface area (Å²) in [5.74, 6) is 0.481. The lowest BCUT2D eigenvalue weighted by Gasteiger charge is -2.12. The third-order valence-electron chi connectivity index (χ3n) is 4.33. The Morgan fingerprint density at radius 2 is 1.87 bits per heavy atom. The number of amides is 1. The summed E-state index contributed by atoms with van der Waals surface area (Å²) < 4.78 is 11.0. The Labute approximate surface area is 182 Å². The average molecular weight is 438 g/mol. The van der Waals surface area contributed by atoms with E-state index in [1.54, 1.807) is 42.5 Å². The number of hydrogen-bond acceptors (Lipinski definition) is 5.